The van der Waals surface area contributed by atoms with Gasteiger partial charge in [-0.3, -0.25) is 4.79 Å². The molecule has 0 saturated carbocycles. The highest BCUT2D eigenvalue weighted by atomic mass is 16.5. The standard InChI is InChI=1S/C10H21NO3/c1-5-14-9(12)6-8(11)7-10(2,3)13-4/h8H,5-7,11H2,1-4H3. The SMILES string of the molecule is CCOC(=O)CC(N)CC(C)(C)OC. The Morgan fingerprint density at radius 1 is 1.50 bits per heavy atom. The highest BCUT2D eigenvalue weighted by Crippen LogP contribution is 2.16. The Hall–Kier alpha value is -0.610. The minimum absolute atomic E-state index is 0.205. The summed E-state index contributed by atoms with van der Waals surface area (Å²) in [6.45, 7) is 6.07. The Bertz CT molecular complexity index is 180. The van der Waals surface area contributed by atoms with E-state index in [9.17, 15) is 4.79 Å². The first-order valence-electron chi connectivity index (χ1n) is 4.87. The molecule has 0 aliphatic carbocycles. The van der Waals surface area contributed by atoms with Gasteiger partial charge in [-0.1, -0.05) is 0 Å². The minimum Gasteiger partial charge on any atom is -0.466 e. The number of hydrogen-bond acceptors (Lipinski definition) is 4. The lowest BCUT2D eigenvalue weighted by Crippen LogP contribution is -2.35. The van der Waals surface area contributed by atoms with Crippen molar-refractivity contribution in [2.45, 2.75) is 45.3 Å². The van der Waals surface area contributed by atoms with Gasteiger partial charge in [0, 0.05) is 13.2 Å². The van der Waals surface area contributed by atoms with Gasteiger partial charge in [-0.25, -0.2) is 0 Å². The maximum atomic E-state index is 11.1. The Kier molecular flexibility index (Phi) is 5.72. The van der Waals surface area contributed by atoms with Crippen molar-refractivity contribution >= 4 is 5.97 Å². The fraction of sp³-hybridized carbons (Fsp3) is 0.900. The molecule has 0 rings (SSSR count). The molecule has 4 heteroatoms. The molecule has 2 N–H and O–H groups in total. The molecule has 0 bridgehead atoms. The summed E-state index contributed by atoms with van der Waals surface area (Å²) in [5, 5.41) is 0. The van der Waals surface area contributed by atoms with Gasteiger partial charge >= 0.3 is 5.97 Å². The normalized spacial score (nSPS) is 13.8. The van der Waals surface area contributed by atoms with Crippen LogP contribution in [0.15, 0.2) is 0 Å². The summed E-state index contributed by atoms with van der Waals surface area (Å²) < 4.78 is 10.0. The topological polar surface area (TPSA) is 61.5 Å². The second-order valence-corrected chi connectivity index (χ2v) is 3.94. The molecule has 0 spiro atoms. The average molecular weight is 203 g/mol. The molecule has 0 aliphatic rings. The fourth-order valence-corrected chi connectivity index (χ4v) is 1.22. The Balaban J connectivity index is 3.86. The van der Waals surface area contributed by atoms with Gasteiger partial charge in [0.2, 0.25) is 0 Å². The predicted molar refractivity (Wildman–Crippen MR) is 54.9 cm³/mol. The van der Waals surface area contributed by atoms with Crippen LogP contribution in [0.4, 0.5) is 0 Å². The molecule has 0 aromatic carbocycles. The van der Waals surface area contributed by atoms with Crippen LogP contribution >= 0.6 is 0 Å². The molecule has 0 heterocycles. The summed E-state index contributed by atoms with van der Waals surface area (Å²) in [5.74, 6) is -0.244. The average Bonchev–Trinajstić information content (AvgIpc) is 2.03. The van der Waals surface area contributed by atoms with Crippen molar-refractivity contribution in [2.24, 2.45) is 5.73 Å². The van der Waals surface area contributed by atoms with Crippen LogP contribution in [0.5, 0.6) is 0 Å². The number of methoxy groups -OCH3 is 1. The molecule has 0 aromatic rings. The lowest BCUT2D eigenvalue weighted by atomic mass is 9.97. The maximum Gasteiger partial charge on any atom is 0.307 e. The third-order valence-corrected chi connectivity index (χ3v) is 2.04. The van der Waals surface area contributed by atoms with Gasteiger partial charge in [-0.05, 0) is 27.2 Å². The quantitative estimate of drug-likeness (QED) is 0.656. The van der Waals surface area contributed by atoms with Gasteiger partial charge in [-0.2, -0.15) is 0 Å². The monoisotopic (exact) mass is 203 g/mol. The third-order valence-electron chi connectivity index (χ3n) is 2.04. The molecule has 14 heavy (non-hydrogen) atoms. The van der Waals surface area contributed by atoms with Crippen molar-refractivity contribution in [1.82, 2.24) is 0 Å². The summed E-state index contributed by atoms with van der Waals surface area (Å²) in [5.41, 5.74) is 5.50. The van der Waals surface area contributed by atoms with Gasteiger partial charge in [0.05, 0.1) is 18.6 Å². The van der Waals surface area contributed by atoms with Crippen molar-refractivity contribution < 1.29 is 14.3 Å². The van der Waals surface area contributed by atoms with Crippen LogP contribution in [-0.2, 0) is 14.3 Å². The molecule has 1 atom stereocenters. The van der Waals surface area contributed by atoms with Crippen LogP contribution in [0.1, 0.15) is 33.6 Å². The molecule has 1 unspecified atom stereocenters. The molecule has 0 saturated heterocycles. The minimum atomic E-state index is -0.286. The van der Waals surface area contributed by atoms with Crippen LogP contribution in [0, 0.1) is 0 Å². The summed E-state index contributed by atoms with van der Waals surface area (Å²) in [6, 6.07) is -0.205. The number of carbonyl (C=O) groups is 1. The largest absolute Gasteiger partial charge is 0.466 e. The smallest absolute Gasteiger partial charge is 0.307 e. The predicted octanol–water partition coefficient (Wildman–Crippen LogP) is 1.08. The zero-order valence-electron chi connectivity index (χ0n) is 9.50. The lowest BCUT2D eigenvalue weighted by Gasteiger charge is -2.25. The molecule has 0 fully saturated rings. The first kappa shape index (κ1) is 13.4. The summed E-state index contributed by atoms with van der Waals surface area (Å²) in [6.07, 6.45) is 0.892. The van der Waals surface area contributed by atoms with Crippen molar-refractivity contribution in [2.75, 3.05) is 13.7 Å². The zero-order valence-corrected chi connectivity index (χ0v) is 9.50. The van der Waals surface area contributed by atoms with E-state index in [0.717, 1.165) is 0 Å². The molecule has 0 amide bonds. The summed E-state index contributed by atoms with van der Waals surface area (Å²) >= 11 is 0. The van der Waals surface area contributed by atoms with Gasteiger partial charge in [0.25, 0.3) is 0 Å². The summed E-state index contributed by atoms with van der Waals surface area (Å²) in [7, 11) is 1.64. The Morgan fingerprint density at radius 2 is 2.07 bits per heavy atom. The van der Waals surface area contributed by atoms with Crippen LogP contribution < -0.4 is 5.73 Å². The highest BCUT2D eigenvalue weighted by molar-refractivity contribution is 5.70. The Morgan fingerprint density at radius 3 is 2.50 bits per heavy atom. The van der Waals surface area contributed by atoms with E-state index in [-0.39, 0.29) is 24.0 Å². The van der Waals surface area contributed by atoms with E-state index < -0.39 is 0 Å². The van der Waals surface area contributed by atoms with E-state index in [0.29, 0.717) is 13.0 Å². The third kappa shape index (κ3) is 5.94. The second-order valence-electron chi connectivity index (χ2n) is 3.94. The molecule has 0 aromatic heterocycles. The molecular weight excluding hydrogens is 182 g/mol. The number of ether oxygens (including phenoxy) is 2. The van der Waals surface area contributed by atoms with Crippen molar-refractivity contribution in [3.05, 3.63) is 0 Å². The zero-order chi connectivity index (χ0) is 11.2. The van der Waals surface area contributed by atoms with Crippen LogP contribution in [0.25, 0.3) is 0 Å². The molecule has 0 radical (unpaired) electrons. The van der Waals surface area contributed by atoms with Crippen molar-refractivity contribution in [3.63, 3.8) is 0 Å². The molecular formula is C10H21NO3. The Labute approximate surface area is 85.8 Å². The first-order valence-corrected chi connectivity index (χ1v) is 4.87. The van der Waals surface area contributed by atoms with Crippen LogP contribution in [0.3, 0.4) is 0 Å². The maximum absolute atomic E-state index is 11.1. The number of rotatable bonds is 6. The van der Waals surface area contributed by atoms with E-state index in [2.05, 4.69) is 0 Å². The highest BCUT2D eigenvalue weighted by Gasteiger charge is 2.22. The van der Waals surface area contributed by atoms with Gasteiger partial charge in [0.15, 0.2) is 0 Å². The van der Waals surface area contributed by atoms with Crippen molar-refractivity contribution in [3.8, 4) is 0 Å². The van der Waals surface area contributed by atoms with Crippen LogP contribution in [-0.4, -0.2) is 31.3 Å². The van der Waals surface area contributed by atoms with Gasteiger partial charge in [0.1, 0.15) is 0 Å². The van der Waals surface area contributed by atoms with E-state index in [1.165, 1.54) is 0 Å². The fourth-order valence-electron chi connectivity index (χ4n) is 1.22. The van der Waals surface area contributed by atoms with E-state index >= 15 is 0 Å². The van der Waals surface area contributed by atoms with E-state index in [1.807, 2.05) is 13.8 Å². The number of esters is 1. The molecule has 0 aliphatic heterocycles. The number of carbonyl (C=O) groups excluding carboxylic acids is 1. The molecule has 4 nitrogen and oxygen atoms in total. The number of hydrogen-bond donors (Lipinski definition) is 1. The first-order chi connectivity index (χ1) is 6.41. The van der Waals surface area contributed by atoms with E-state index in [1.54, 1.807) is 14.0 Å². The van der Waals surface area contributed by atoms with E-state index in [4.69, 9.17) is 15.2 Å². The van der Waals surface area contributed by atoms with Gasteiger partial charge < -0.3 is 15.2 Å². The molecule has 84 valence electrons. The number of nitrogens with two attached hydrogens (primary N) is 1. The summed E-state index contributed by atoms with van der Waals surface area (Å²) in [4.78, 5) is 11.1. The van der Waals surface area contributed by atoms with Gasteiger partial charge in [-0.15, -0.1) is 0 Å². The second kappa shape index (κ2) is 5.98. The van der Waals surface area contributed by atoms with Crippen molar-refractivity contribution in [1.29, 1.82) is 0 Å². The lowest BCUT2D eigenvalue weighted by molar-refractivity contribution is -0.143. The van der Waals surface area contributed by atoms with Crippen LogP contribution in [0.2, 0.25) is 0 Å².